The number of alkyl carbamates (subject to hydrolysis) is 1. The lowest BCUT2D eigenvalue weighted by atomic mass is 10.2. The summed E-state index contributed by atoms with van der Waals surface area (Å²) in [7, 11) is 0. The summed E-state index contributed by atoms with van der Waals surface area (Å²) >= 11 is 0. The van der Waals surface area contributed by atoms with Crippen LogP contribution in [0.4, 0.5) is 4.79 Å². The summed E-state index contributed by atoms with van der Waals surface area (Å²) < 4.78 is 4.82. The fraction of sp³-hybridized carbons (Fsp3) is 0.250. The Bertz CT molecular complexity index is 460. The maximum atomic E-state index is 11.4. The Morgan fingerprint density at radius 3 is 2.42 bits per heavy atom. The Morgan fingerprint density at radius 2 is 1.89 bits per heavy atom. The maximum Gasteiger partial charge on any atom is 0.408 e. The number of carboxylic acids is 1. The van der Waals surface area contributed by atoms with Crippen LogP contribution in [0.2, 0.25) is 0 Å². The molecule has 7 nitrogen and oxygen atoms in total. The van der Waals surface area contributed by atoms with Gasteiger partial charge in [0.1, 0.15) is 12.6 Å². The summed E-state index contributed by atoms with van der Waals surface area (Å²) in [4.78, 5) is 32.8. The van der Waals surface area contributed by atoms with E-state index in [4.69, 9.17) is 15.6 Å². The highest BCUT2D eigenvalue weighted by Crippen LogP contribution is 2.01. The van der Waals surface area contributed by atoms with E-state index in [1.807, 2.05) is 6.07 Å². The number of primary amides is 1. The molecule has 0 heterocycles. The average Bonchev–Trinajstić information content (AvgIpc) is 2.36. The summed E-state index contributed by atoms with van der Waals surface area (Å²) in [5.74, 6) is -2.17. The normalized spacial score (nSPS) is 11.4. The van der Waals surface area contributed by atoms with Crippen molar-refractivity contribution in [1.29, 1.82) is 0 Å². The van der Waals surface area contributed by atoms with E-state index in [2.05, 4.69) is 5.32 Å². The minimum atomic E-state index is -1.39. The van der Waals surface area contributed by atoms with Gasteiger partial charge < -0.3 is 20.9 Å². The Kier molecular flexibility index (Phi) is 5.34. The first kappa shape index (κ1) is 14.5. The number of carboxylic acid groups (broad SMARTS) is 1. The topological polar surface area (TPSA) is 119 Å². The number of amides is 2. The van der Waals surface area contributed by atoms with Gasteiger partial charge in [-0.05, 0) is 5.56 Å². The molecule has 1 rings (SSSR count). The molecular formula is C12H14N2O5. The van der Waals surface area contributed by atoms with E-state index in [1.165, 1.54) is 0 Å². The van der Waals surface area contributed by atoms with Crippen molar-refractivity contribution in [1.82, 2.24) is 5.32 Å². The third-order valence-electron chi connectivity index (χ3n) is 2.21. The number of hydrogen-bond donors (Lipinski definition) is 3. The molecule has 4 N–H and O–H groups in total. The Labute approximate surface area is 109 Å². The summed E-state index contributed by atoms with van der Waals surface area (Å²) in [5.41, 5.74) is 5.64. The lowest BCUT2D eigenvalue weighted by Crippen LogP contribution is -2.43. The first-order valence-electron chi connectivity index (χ1n) is 5.47. The second-order valence-electron chi connectivity index (χ2n) is 3.77. The average molecular weight is 266 g/mol. The van der Waals surface area contributed by atoms with Crippen molar-refractivity contribution < 1.29 is 24.2 Å². The van der Waals surface area contributed by atoms with Crippen molar-refractivity contribution in [3.63, 3.8) is 0 Å². The molecule has 0 saturated heterocycles. The Balaban J connectivity index is 2.45. The molecule has 0 saturated carbocycles. The standard InChI is InChI=1S/C12H14N2O5/c13-10(15)6-9(11(16)17)14-12(18)19-7-8-4-2-1-3-5-8/h1-5,9H,6-7H2,(H2,13,15)(H,14,18)(H,16,17)/t9-/m1/s1. The zero-order valence-electron chi connectivity index (χ0n) is 10.0. The molecule has 7 heteroatoms. The summed E-state index contributed by atoms with van der Waals surface area (Å²) in [6.45, 7) is 0.00951. The van der Waals surface area contributed by atoms with Crippen LogP contribution in [0.1, 0.15) is 12.0 Å². The van der Waals surface area contributed by atoms with Gasteiger partial charge in [-0.3, -0.25) is 4.79 Å². The van der Waals surface area contributed by atoms with Crippen molar-refractivity contribution in [2.75, 3.05) is 0 Å². The quantitative estimate of drug-likeness (QED) is 0.681. The second-order valence-corrected chi connectivity index (χ2v) is 3.77. The van der Waals surface area contributed by atoms with Crippen LogP contribution in [0.3, 0.4) is 0 Å². The van der Waals surface area contributed by atoms with Crippen molar-refractivity contribution >= 4 is 18.0 Å². The Hall–Kier alpha value is -2.57. The van der Waals surface area contributed by atoms with Crippen LogP contribution in [0, 0.1) is 0 Å². The highest BCUT2D eigenvalue weighted by Gasteiger charge is 2.22. The van der Waals surface area contributed by atoms with Crippen LogP contribution >= 0.6 is 0 Å². The molecule has 0 bridgehead atoms. The molecule has 0 fully saturated rings. The zero-order chi connectivity index (χ0) is 14.3. The van der Waals surface area contributed by atoms with E-state index >= 15 is 0 Å². The molecule has 0 unspecified atom stereocenters. The van der Waals surface area contributed by atoms with Crippen LogP contribution < -0.4 is 11.1 Å². The van der Waals surface area contributed by atoms with E-state index < -0.39 is 30.4 Å². The van der Waals surface area contributed by atoms with Crippen LogP contribution in [0.15, 0.2) is 30.3 Å². The number of aliphatic carboxylic acids is 1. The Morgan fingerprint density at radius 1 is 1.26 bits per heavy atom. The van der Waals surface area contributed by atoms with Crippen molar-refractivity contribution in [3.8, 4) is 0 Å². The predicted octanol–water partition coefficient (Wildman–Crippen LogP) is 0.241. The number of rotatable bonds is 6. The van der Waals surface area contributed by atoms with Gasteiger partial charge in [0.05, 0.1) is 6.42 Å². The van der Waals surface area contributed by atoms with Gasteiger partial charge in [0.25, 0.3) is 0 Å². The van der Waals surface area contributed by atoms with Crippen LogP contribution in [0.25, 0.3) is 0 Å². The first-order valence-corrected chi connectivity index (χ1v) is 5.47. The predicted molar refractivity (Wildman–Crippen MR) is 65.0 cm³/mol. The first-order chi connectivity index (χ1) is 8.99. The molecule has 102 valence electrons. The number of carbonyl (C=O) groups is 3. The zero-order valence-corrected chi connectivity index (χ0v) is 10.0. The van der Waals surface area contributed by atoms with Gasteiger partial charge in [0.2, 0.25) is 5.91 Å². The van der Waals surface area contributed by atoms with Gasteiger partial charge >= 0.3 is 12.1 Å². The summed E-state index contributed by atoms with van der Waals surface area (Å²) in [6, 6.07) is 7.50. The van der Waals surface area contributed by atoms with E-state index in [1.54, 1.807) is 24.3 Å². The number of ether oxygens (including phenoxy) is 1. The van der Waals surface area contributed by atoms with Crippen molar-refractivity contribution in [3.05, 3.63) is 35.9 Å². The van der Waals surface area contributed by atoms with Gasteiger partial charge in [-0.15, -0.1) is 0 Å². The molecule has 0 spiro atoms. The molecule has 19 heavy (non-hydrogen) atoms. The third kappa shape index (κ3) is 5.53. The summed E-state index contributed by atoms with van der Waals surface area (Å²) in [5, 5.41) is 10.8. The molecule has 0 aliphatic rings. The fourth-order valence-corrected chi connectivity index (χ4v) is 1.31. The number of nitrogens with two attached hydrogens (primary N) is 1. The molecule has 1 atom stereocenters. The number of hydrogen-bond acceptors (Lipinski definition) is 4. The molecule has 0 aliphatic carbocycles. The number of carbonyl (C=O) groups excluding carboxylic acids is 2. The van der Waals surface area contributed by atoms with Crippen molar-refractivity contribution in [2.45, 2.75) is 19.1 Å². The smallest absolute Gasteiger partial charge is 0.408 e. The molecule has 1 aromatic carbocycles. The minimum Gasteiger partial charge on any atom is -0.480 e. The minimum absolute atomic E-state index is 0.00951. The molecule has 2 amide bonds. The van der Waals surface area contributed by atoms with Gasteiger partial charge in [-0.25, -0.2) is 9.59 Å². The highest BCUT2D eigenvalue weighted by atomic mass is 16.5. The van der Waals surface area contributed by atoms with E-state index in [0.29, 0.717) is 0 Å². The maximum absolute atomic E-state index is 11.4. The summed E-state index contributed by atoms with van der Waals surface area (Å²) in [6.07, 6.45) is -1.41. The lowest BCUT2D eigenvalue weighted by molar-refractivity contribution is -0.141. The highest BCUT2D eigenvalue weighted by molar-refractivity contribution is 5.86. The largest absolute Gasteiger partial charge is 0.480 e. The SMILES string of the molecule is NC(=O)C[C@@H](NC(=O)OCc1ccccc1)C(=O)O. The monoisotopic (exact) mass is 266 g/mol. The van der Waals surface area contributed by atoms with Crippen LogP contribution in [0.5, 0.6) is 0 Å². The second kappa shape index (κ2) is 7.00. The van der Waals surface area contributed by atoms with E-state index in [-0.39, 0.29) is 6.61 Å². The van der Waals surface area contributed by atoms with E-state index in [0.717, 1.165) is 5.56 Å². The molecule has 0 radical (unpaired) electrons. The van der Waals surface area contributed by atoms with E-state index in [9.17, 15) is 14.4 Å². The van der Waals surface area contributed by atoms with Gasteiger partial charge in [0, 0.05) is 0 Å². The van der Waals surface area contributed by atoms with Crippen molar-refractivity contribution in [2.24, 2.45) is 5.73 Å². The molecular weight excluding hydrogens is 252 g/mol. The van der Waals surface area contributed by atoms with Crippen LogP contribution in [-0.2, 0) is 20.9 Å². The number of benzene rings is 1. The fourth-order valence-electron chi connectivity index (χ4n) is 1.31. The lowest BCUT2D eigenvalue weighted by Gasteiger charge is -2.12. The van der Waals surface area contributed by atoms with Crippen LogP contribution in [-0.4, -0.2) is 29.1 Å². The molecule has 0 aliphatic heterocycles. The van der Waals surface area contributed by atoms with Gasteiger partial charge in [-0.1, -0.05) is 30.3 Å². The number of nitrogens with one attached hydrogen (secondary N) is 1. The van der Waals surface area contributed by atoms with Gasteiger partial charge in [-0.2, -0.15) is 0 Å². The molecule has 0 aromatic heterocycles. The third-order valence-corrected chi connectivity index (χ3v) is 2.21. The van der Waals surface area contributed by atoms with Gasteiger partial charge in [0.15, 0.2) is 0 Å². The molecule has 1 aromatic rings.